The van der Waals surface area contributed by atoms with Crippen molar-refractivity contribution >= 4 is 52.3 Å². The molecule has 0 aliphatic rings. The molecule has 31 heavy (non-hydrogen) atoms. The number of guanidine groups is 1. The summed E-state index contributed by atoms with van der Waals surface area (Å²) in [4.78, 5) is 10.6. The van der Waals surface area contributed by atoms with Crippen molar-refractivity contribution in [3.05, 3.63) is 76.6 Å². The van der Waals surface area contributed by atoms with Crippen molar-refractivity contribution in [3.8, 4) is 0 Å². The Bertz CT molecular complexity index is 1070. The predicted molar refractivity (Wildman–Crippen MR) is 138 cm³/mol. The number of benzene rings is 1. The number of thiophene rings is 1. The normalized spacial score (nSPS) is 11.5. The fourth-order valence-corrected chi connectivity index (χ4v) is 4.04. The van der Waals surface area contributed by atoms with Crippen molar-refractivity contribution in [1.29, 1.82) is 0 Å². The van der Waals surface area contributed by atoms with Gasteiger partial charge in [-0.15, -0.1) is 35.3 Å². The Balaban J connectivity index is 0.00000272. The van der Waals surface area contributed by atoms with E-state index in [0.29, 0.717) is 6.54 Å². The number of rotatable bonds is 9. The van der Waals surface area contributed by atoms with Crippen LogP contribution in [0.1, 0.15) is 22.9 Å². The highest BCUT2D eigenvalue weighted by Gasteiger charge is 2.06. The molecule has 0 saturated heterocycles. The van der Waals surface area contributed by atoms with Gasteiger partial charge in [0.05, 0.1) is 23.8 Å². The predicted octanol–water partition coefficient (Wildman–Crippen LogP) is 4.99. The average molecular weight is 549 g/mol. The van der Waals surface area contributed by atoms with E-state index in [1.807, 2.05) is 18.2 Å². The molecule has 0 radical (unpaired) electrons. The van der Waals surface area contributed by atoms with Gasteiger partial charge in [-0.05, 0) is 49.1 Å². The Morgan fingerprint density at radius 3 is 2.77 bits per heavy atom. The summed E-state index contributed by atoms with van der Waals surface area (Å²) in [7, 11) is 0. The third-order valence-corrected chi connectivity index (χ3v) is 5.77. The van der Waals surface area contributed by atoms with Crippen LogP contribution in [0.25, 0.3) is 11.0 Å². The second kappa shape index (κ2) is 11.9. The number of imidazole rings is 1. The first-order valence-corrected chi connectivity index (χ1v) is 11.2. The zero-order chi connectivity index (χ0) is 20.6. The summed E-state index contributed by atoms with van der Waals surface area (Å²) >= 11 is 1.73. The van der Waals surface area contributed by atoms with Crippen molar-refractivity contribution in [2.45, 2.75) is 32.9 Å². The number of aliphatic imine (C=N–C) groups is 1. The smallest absolute Gasteiger partial charge is 0.191 e. The number of nitrogens with one attached hydrogen (secondary N) is 2. The molecule has 0 fully saturated rings. The number of hydrogen-bond acceptors (Lipinski definition) is 4. The summed E-state index contributed by atoms with van der Waals surface area (Å²) in [6.45, 7) is 5.28. The number of fused-ring (bicyclic) bond motifs is 1. The van der Waals surface area contributed by atoms with Gasteiger partial charge >= 0.3 is 0 Å². The SMILES string of the molecule is Cc1nc2ccccc2n1CCCNC(=NCc1cccs1)NCCc1ccco1.I. The number of aryl methyl sites for hydroxylation is 2. The number of furan rings is 1. The number of hydrogen-bond donors (Lipinski definition) is 2. The molecule has 0 bridgehead atoms. The lowest BCUT2D eigenvalue weighted by Crippen LogP contribution is -2.39. The Kier molecular flexibility index (Phi) is 8.96. The summed E-state index contributed by atoms with van der Waals surface area (Å²) in [5.41, 5.74) is 2.25. The molecule has 0 saturated carbocycles. The molecule has 4 aromatic rings. The van der Waals surface area contributed by atoms with E-state index in [9.17, 15) is 0 Å². The van der Waals surface area contributed by atoms with Gasteiger partial charge in [0.2, 0.25) is 0 Å². The van der Waals surface area contributed by atoms with Crippen LogP contribution < -0.4 is 10.6 Å². The molecule has 0 unspecified atom stereocenters. The first kappa shape index (κ1) is 23.3. The van der Waals surface area contributed by atoms with Crippen molar-refractivity contribution in [2.75, 3.05) is 13.1 Å². The zero-order valence-corrected chi connectivity index (χ0v) is 20.7. The van der Waals surface area contributed by atoms with E-state index >= 15 is 0 Å². The maximum Gasteiger partial charge on any atom is 0.191 e. The third kappa shape index (κ3) is 6.57. The molecule has 3 heterocycles. The third-order valence-electron chi connectivity index (χ3n) is 4.91. The van der Waals surface area contributed by atoms with Crippen molar-refractivity contribution in [1.82, 2.24) is 20.2 Å². The molecular formula is C23H28IN5OS. The molecule has 6 nitrogen and oxygen atoms in total. The zero-order valence-electron chi connectivity index (χ0n) is 17.6. The van der Waals surface area contributed by atoms with E-state index in [1.54, 1.807) is 17.6 Å². The van der Waals surface area contributed by atoms with Crippen LogP contribution in [0.3, 0.4) is 0 Å². The Morgan fingerprint density at radius 2 is 1.97 bits per heavy atom. The first-order chi connectivity index (χ1) is 14.8. The van der Waals surface area contributed by atoms with Crippen LogP contribution in [-0.4, -0.2) is 28.6 Å². The molecular weight excluding hydrogens is 521 g/mol. The summed E-state index contributed by atoms with van der Waals surface area (Å²) in [5.74, 6) is 2.86. The number of halogens is 1. The monoisotopic (exact) mass is 549 g/mol. The molecule has 0 amide bonds. The van der Waals surface area contributed by atoms with Crippen LogP contribution in [0.2, 0.25) is 0 Å². The van der Waals surface area contributed by atoms with Crippen molar-refractivity contribution in [3.63, 3.8) is 0 Å². The molecule has 0 spiro atoms. The van der Waals surface area contributed by atoms with Gasteiger partial charge in [0.1, 0.15) is 11.6 Å². The molecule has 2 N–H and O–H groups in total. The lowest BCUT2D eigenvalue weighted by atomic mass is 10.3. The first-order valence-electron chi connectivity index (χ1n) is 10.3. The quantitative estimate of drug-likeness (QED) is 0.134. The Morgan fingerprint density at radius 1 is 1.10 bits per heavy atom. The van der Waals surface area contributed by atoms with E-state index in [-0.39, 0.29) is 24.0 Å². The lowest BCUT2D eigenvalue weighted by Gasteiger charge is -2.13. The molecule has 1 aromatic carbocycles. The van der Waals surface area contributed by atoms with Crippen molar-refractivity contribution in [2.24, 2.45) is 4.99 Å². The summed E-state index contributed by atoms with van der Waals surface area (Å²) < 4.78 is 7.69. The highest BCUT2D eigenvalue weighted by molar-refractivity contribution is 14.0. The van der Waals surface area contributed by atoms with Gasteiger partial charge in [0.15, 0.2) is 5.96 Å². The van der Waals surface area contributed by atoms with E-state index in [2.05, 4.69) is 62.8 Å². The minimum atomic E-state index is 0. The summed E-state index contributed by atoms with van der Waals surface area (Å²) in [6.07, 6.45) is 3.52. The van der Waals surface area contributed by atoms with Crippen molar-refractivity contribution < 1.29 is 4.42 Å². The maximum atomic E-state index is 5.41. The minimum Gasteiger partial charge on any atom is -0.469 e. The standard InChI is InChI=1S/C23H27N5OS.HI/c1-18-27-21-9-2-3-10-22(21)28(18)14-6-12-24-23(26-17-20-8-5-16-30-20)25-13-11-19-7-4-15-29-19;/h2-5,7-10,15-16H,6,11-14,17H2,1H3,(H2,24,25,26);1H. The molecule has 0 atom stereocenters. The van der Waals surface area contributed by atoms with Crippen LogP contribution in [0.15, 0.2) is 69.6 Å². The number of para-hydroxylation sites is 2. The molecule has 3 aromatic heterocycles. The summed E-state index contributed by atoms with van der Waals surface area (Å²) in [5, 5.41) is 8.97. The molecule has 8 heteroatoms. The van der Waals surface area contributed by atoms with Gasteiger partial charge < -0.3 is 19.6 Å². The van der Waals surface area contributed by atoms with Gasteiger partial charge in [-0.25, -0.2) is 9.98 Å². The molecule has 164 valence electrons. The fraction of sp³-hybridized carbons (Fsp3) is 0.304. The average Bonchev–Trinajstić information content (AvgIpc) is 3.51. The van der Waals surface area contributed by atoms with Gasteiger partial charge in [0, 0.05) is 30.9 Å². The van der Waals surface area contributed by atoms with Gasteiger partial charge in [-0.1, -0.05) is 18.2 Å². The Labute approximate surface area is 203 Å². The van der Waals surface area contributed by atoms with Crippen LogP contribution in [-0.2, 0) is 19.5 Å². The highest BCUT2D eigenvalue weighted by Crippen LogP contribution is 2.15. The molecule has 0 aliphatic carbocycles. The minimum absolute atomic E-state index is 0. The second-order valence-electron chi connectivity index (χ2n) is 7.08. The van der Waals surface area contributed by atoms with Crippen LogP contribution in [0.5, 0.6) is 0 Å². The molecule has 4 rings (SSSR count). The van der Waals surface area contributed by atoms with Gasteiger partial charge in [-0.2, -0.15) is 0 Å². The van der Waals surface area contributed by atoms with Gasteiger partial charge in [0.25, 0.3) is 0 Å². The fourth-order valence-electron chi connectivity index (χ4n) is 3.41. The summed E-state index contributed by atoms with van der Waals surface area (Å²) in [6, 6.07) is 16.4. The highest BCUT2D eigenvalue weighted by atomic mass is 127. The molecule has 0 aliphatic heterocycles. The van der Waals surface area contributed by atoms with E-state index in [4.69, 9.17) is 9.41 Å². The van der Waals surface area contributed by atoms with E-state index in [0.717, 1.165) is 55.5 Å². The second-order valence-corrected chi connectivity index (χ2v) is 8.11. The Hall–Kier alpha value is -2.33. The van der Waals surface area contributed by atoms with Crippen LogP contribution in [0.4, 0.5) is 0 Å². The number of aromatic nitrogens is 2. The number of nitrogens with zero attached hydrogens (tertiary/aromatic N) is 3. The van der Waals surface area contributed by atoms with Crippen LogP contribution >= 0.6 is 35.3 Å². The lowest BCUT2D eigenvalue weighted by molar-refractivity contribution is 0.506. The van der Waals surface area contributed by atoms with E-state index in [1.165, 1.54) is 10.4 Å². The topological polar surface area (TPSA) is 67.4 Å². The van der Waals surface area contributed by atoms with E-state index < -0.39 is 0 Å². The van der Waals surface area contributed by atoms with Gasteiger partial charge in [-0.3, -0.25) is 0 Å². The van der Waals surface area contributed by atoms with Crippen LogP contribution in [0, 0.1) is 6.92 Å². The maximum absolute atomic E-state index is 5.41. The largest absolute Gasteiger partial charge is 0.469 e.